The summed E-state index contributed by atoms with van der Waals surface area (Å²) in [6.07, 6.45) is 7.78. The standard InChI is InChI=1S/C17H21N3O3S/c1-4-6-9-12(16(22)23-5-2)18-15(21)14-13-10-7-8-11-20(13)17(19-14)24-3/h4,6-8,10-12H,5,9H2,1-3H3,(H,18,21)/b6-4+. The highest BCUT2D eigenvalue weighted by atomic mass is 32.2. The fourth-order valence-electron chi connectivity index (χ4n) is 2.28. The Labute approximate surface area is 145 Å². The Morgan fingerprint density at radius 3 is 2.92 bits per heavy atom. The first-order chi connectivity index (χ1) is 11.6. The van der Waals surface area contributed by atoms with Gasteiger partial charge in [0.15, 0.2) is 10.9 Å². The third kappa shape index (κ3) is 3.97. The molecule has 0 radical (unpaired) electrons. The number of fused-ring (bicyclic) bond motifs is 1. The van der Waals surface area contributed by atoms with Gasteiger partial charge in [-0.3, -0.25) is 9.20 Å². The van der Waals surface area contributed by atoms with E-state index < -0.39 is 12.0 Å². The van der Waals surface area contributed by atoms with Crippen LogP contribution >= 0.6 is 11.8 Å². The monoisotopic (exact) mass is 347 g/mol. The second-order valence-corrected chi connectivity index (χ2v) is 5.76. The van der Waals surface area contributed by atoms with Gasteiger partial charge in [-0.1, -0.05) is 30.0 Å². The first kappa shape index (κ1) is 18.1. The van der Waals surface area contributed by atoms with Crippen LogP contribution in [0.3, 0.4) is 0 Å². The lowest BCUT2D eigenvalue weighted by molar-refractivity contribution is -0.145. The Balaban J connectivity index is 2.28. The van der Waals surface area contributed by atoms with Crippen LogP contribution in [-0.2, 0) is 9.53 Å². The molecule has 24 heavy (non-hydrogen) atoms. The summed E-state index contributed by atoms with van der Waals surface area (Å²) >= 11 is 1.45. The van der Waals surface area contributed by atoms with E-state index in [1.165, 1.54) is 11.8 Å². The van der Waals surface area contributed by atoms with Gasteiger partial charge in [0.25, 0.3) is 5.91 Å². The highest BCUT2D eigenvalue weighted by Crippen LogP contribution is 2.20. The summed E-state index contributed by atoms with van der Waals surface area (Å²) in [6.45, 7) is 3.86. The predicted octanol–water partition coefficient (Wildman–Crippen LogP) is 2.68. The molecular weight excluding hydrogens is 326 g/mol. The quantitative estimate of drug-likeness (QED) is 0.474. The molecule has 7 heteroatoms. The fourth-order valence-corrected chi connectivity index (χ4v) is 2.81. The smallest absolute Gasteiger partial charge is 0.328 e. The molecule has 128 valence electrons. The molecule has 0 aliphatic rings. The molecule has 1 N–H and O–H groups in total. The molecule has 6 nitrogen and oxygen atoms in total. The maximum absolute atomic E-state index is 12.6. The number of rotatable bonds is 7. The molecule has 2 rings (SSSR count). The van der Waals surface area contributed by atoms with Gasteiger partial charge in [0.05, 0.1) is 12.1 Å². The number of aromatic nitrogens is 2. The third-order valence-electron chi connectivity index (χ3n) is 3.40. The highest BCUT2D eigenvalue weighted by Gasteiger charge is 2.24. The maximum atomic E-state index is 12.6. The van der Waals surface area contributed by atoms with Gasteiger partial charge in [0.1, 0.15) is 6.04 Å². The van der Waals surface area contributed by atoms with Gasteiger partial charge in [0.2, 0.25) is 0 Å². The Morgan fingerprint density at radius 2 is 2.25 bits per heavy atom. The van der Waals surface area contributed by atoms with E-state index in [-0.39, 0.29) is 12.5 Å². The number of pyridine rings is 1. The van der Waals surface area contributed by atoms with E-state index in [0.717, 1.165) is 5.16 Å². The average Bonchev–Trinajstić information content (AvgIpc) is 2.97. The fraction of sp³-hybridized carbons (Fsp3) is 0.353. The normalized spacial score (nSPS) is 12.5. The molecule has 1 amide bonds. The topological polar surface area (TPSA) is 72.7 Å². The van der Waals surface area contributed by atoms with Crippen molar-refractivity contribution < 1.29 is 14.3 Å². The van der Waals surface area contributed by atoms with Crippen molar-refractivity contribution in [2.24, 2.45) is 0 Å². The van der Waals surface area contributed by atoms with Crippen molar-refractivity contribution in [3.05, 3.63) is 42.2 Å². The number of imidazole rings is 1. The first-order valence-corrected chi connectivity index (χ1v) is 8.94. The molecule has 0 fully saturated rings. The number of ether oxygens (including phenoxy) is 1. The van der Waals surface area contributed by atoms with Crippen LogP contribution < -0.4 is 5.32 Å². The maximum Gasteiger partial charge on any atom is 0.328 e. The minimum atomic E-state index is -0.730. The van der Waals surface area contributed by atoms with Crippen LogP contribution in [0.2, 0.25) is 0 Å². The summed E-state index contributed by atoms with van der Waals surface area (Å²) < 4.78 is 6.89. The summed E-state index contributed by atoms with van der Waals surface area (Å²) in [5, 5.41) is 3.45. The number of nitrogens with zero attached hydrogens (tertiary/aromatic N) is 2. The van der Waals surface area contributed by atoms with Crippen LogP contribution in [0, 0.1) is 0 Å². The van der Waals surface area contributed by atoms with E-state index in [1.54, 1.807) is 6.92 Å². The number of carbonyl (C=O) groups excluding carboxylic acids is 2. The number of amides is 1. The van der Waals surface area contributed by atoms with Gasteiger partial charge in [0, 0.05) is 6.20 Å². The number of allylic oxidation sites excluding steroid dienone is 1. The van der Waals surface area contributed by atoms with Crippen molar-refractivity contribution in [1.29, 1.82) is 0 Å². The molecule has 0 spiro atoms. The van der Waals surface area contributed by atoms with Gasteiger partial charge in [-0.05, 0) is 38.7 Å². The molecule has 0 saturated heterocycles. The molecule has 1 atom stereocenters. The molecule has 2 aromatic rings. The lowest BCUT2D eigenvalue weighted by Crippen LogP contribution is -2.41. The summed E-state index contributed by atoms with van der Waals surface area (Å²) in [6, 6.07) is 4.82. The molecule has 0 aromatic carbocycles. The highest BCUT2D eigenvalue weighted by molar-refractivity contribution is 7.98. The van der Waals surface area contributed by atoms with Crippen molar-refractivity contribution in [3.8, 4) is 0 Å². The molecular formula is C17H21N3O3S. The lowest BCUT2D eigenvalue weighted by atomic mass is 10.2. The number of carbonyl (C=O) groups is 2. The summed E-state index contributed by atoms with van der Waals surface area (Å²) in [7, 11) is 0. The number of nitrogens with one attached hydrogen (secondary N) is 1. The molecule has 0 aliphatic heterocycles. The van der Waals surface area contributed by atoms with Crippen molar-refractivity contribution in [2.45, 2.75) is 31.5 Å². The third-order valence-corrected chi connectivity index (χ3v) is 4.05. The first-order valence-electron chi connectivity index (χ1n) is 7.72. The van der Waals surface area contributed by atoms with Crippen molar-refractivity contribution in [3.63, 3.8) is 0 Å². The molecule has 2 heterocycles. The van der Waals surface area contributed by atoms with Crippen LogP contribution in [0.4, 0.5) is 0 Å². The summed E-state index contributed by atoms with van der Waals surface area (Å²) in [5.74, 6) is -0.834. The summed E-state index contributed by atoms with van der Waals surface area (Å²) in [5.41, 5.74) is 1.00. The minimum absolute atomic E-state index is 0.269. The molecule has 1 unspecified atom stereocenters. The number of hydrogen-bond acceptors (Lipinski definition) is 5. The van der Waals surface area contributed by atoms with Gasteiger partial charge in [-0.25, -0.2) is 9.78 Å². The number of esters is 1. The summed E-state index contributed by atoms with van der Waals surface area (Å²) in [4.78, 5) is 29.1. The predicted molar refractivity (Wildman–Crippen MR) is 94.3 cm³/mol. The average molecular weight is 347 g/mol. The molecule has 2 aromatic heterocycles. The minimum Gasteiger partial charge on any atom is -0.464 e. The van der Waals surface area contributed by atoms with E-state index >= 15 is 0 Å². The lowest BCUT2D eigenvalue weighted by Gasteiger charge is -2.15. The zero-order chi connectivity index (χ0) is 17.5. The second-order valence-electron chi connectivity index (χ2n) is 4.99. The zero-order valence-corrected chi connectivity index (χ0v) is 14.8. The van der Waals surface area contributed by atoms with Crippen LogP contribution in [0.25, 0.3) is 5.52 Å². The van der Waals surface area contributed by atoms with Crippen molar-refractivity contribution >= 4 is 29.2 Å². The van der Waals surface area contributed by atoms with E-state index in [4.69, 9.17) is 4.74 Å². The van der Waals surface area contributed by atoms with E-state index in [1.807, 2.05) is 54.1 Å². The Hall–Kier alpha value is -2.28. The second kappa shape index (κ2) is 8.54. The SMILES string of the molecule is C/C=C/CC(NC(=O)c1nc(SC)n2ccccc12)C(=O)OCC. The van der Waals surface area contributed by atoms with Crippen molar-refractivity contribution in [1.82, 2.24) is 14.7 Å². The van der Waals surface area contributed by atoms with Crippen LogP contribution in [0.15, 0.2) is 41.7 Å². The van der Waals surface area contributed by atoms with Gasteiger partial charge in [-0.2, -0.15) is 0 Å². The van der Waals surface area contributed by atoms with E-state index in [0.29, 0.717) is 17.6 Å². The van der Waals surface area contributed by atoms with Gasteiger partial charge >= 0.3 is 5.97 Å². The number of hydrogen-bond donors (Lipinski definition) is 1. The van der Waals surface area contributed by atoms with Crippen LogP contribution in [-0.4, -0.2) is 40.2 Å². The Kier molecular flexibility index (Phi) is 6.43. The van der Waals surface area contributed by atoms with E-state index in [9.17, 15) is 9.59 Å². The Bertz CT molecular complexity index is 755. The molecule has 0 aliphatic carbocycles. The van der Waals surface area contributed by atoms with E-state index in [2.05, 4.69) is 10.3 Å². The number of thioether (sulfide) groups is 1. The Morgan fingerprint density at radius 1 is 1.46 bits per heavy atom. The van der Waals surface area contributed by atoms with Gasteiger partial charge in [-0.15, -0.1) is 0 Å². The van der Waals surface area contributed by atoms with Crippen LogP contribution in [0.1, 0.15) is 30.8 Å². The zero-order valence-electron chi connectivity index (χ0n) is 14.0. The van der Waals surface area contributed by atoms with Crippen molar-refractivity contribution in [2.75, 3.05) is 12.9 Å². The molecule has 0 bridgehead atoms. The van der Waals surface area contributed by atoms with Gasteiger partial charge < -0.3 is 10.1 Å². The largest absolute Gasteiger partial charge is 0.464 e. The van der Waals surface area contributed by atoms with Crippen LogP contribution in [0.5, 0.6) is 0 Å². The molecule has 0 saturated carbocycles.